The van der Waals surface area contributed by atoms with Crippen molar-refractivity contribution in [1.82, 2.24) is 21.2 Å². The summed E-state index contributed by atoms with van der Waals surface area (Å²) >= 11 is 3.22. The topological polar surface area (TPSA) is 103 Å². The van der Waals surface area contributed by atoms with Crippen molar-refractivity contribution in [2.75, 3.05) is 0 Å². The van der Waals surface area contributed by atoms with Crippen LogP contribution in [0.25, 0.3) is 0 Å². The van der Waals surface area contributed by atoms with Crippen LogP contribution in [-0.4, -0.2) is 28.2 Å². The van der Waals surface area contributed by atoms with Crippen LogP contribution in [0.3, 0.4) is 0 Å². The lowest BCUT2D eigenvalue weighted by Gasteiger charge is -2.20. The summed E-state index contributed by atoms with van der Waals surface area (Å²) in [6.45, 7) is 5.66. The molecule has 0 radical (unpaired) electrons. The number of hydrogen-bond acceptors (Lipinski definition) is 3. The number of hydrogen-bond donors (Lipinski definition) is 4. The Morgan fingerprint density at radius 2 is 1.44 bits per heavy atom. The number of aromatic nitrogens is 1. The molecular formula is C17H19BrN4O3. The molecule has 0 aliphatic heterocycles. The van der Waals surface area contributed by atoms with Gasteiger partial charge in [0.25, 0.3) is 17.7 Å². The standard InChI is InChI=1S/C17H19BrN4O3/c1-17(2,3)20-14(23)10-4-6-11(7-5-10)15(24)21-22-16(25)13-8-12(18)9-19-13/h4-9,19H,1-3H3,(H,20,23)(H,21,24)(H,22,25). The molecule has 2 rings (SSSR count). The number of H-pyrrole nitrogens is 1. The molecule has 132 valence electrons. The van der Waals surface area contributed by atoms with E-state index in [-0.39, 0.29) is 11.4 Å². The highest BCUT2D eigenvalue weighted by Gasteiger charge is 2.16. The highest BCUT2D eigenvalue weighted by atomic mass is 79.9. The van der Waals surface area contributed by atoms with E-state index in [0.717, 1.165) is 4.47 Å². The highest BCUT2D eigenvalue weighted by Crippen LogP contribution is 2.10. The maximum Gasteiger partial charge on any atom is 0.286 e. The highest BCUT2D eigenvalue weighted by molar-refractivity contribution is 9.10. The third-order valence-corrected chi connectivity index (χ3v) is 3.54. The Morgan fingerprint density at radius 1 is 0.920 bits per heavy atom. The molecule has 0 saturated carbocycles. The van der Waals surface area contributed by atoms with Gasteiger partial charge in [0.15, 0.2) is 0 Å². The largest absolute Gasteiger partial charge is 0.356 e. The maximum atomic E-state index is 12.0. The summed E-state index contributed by atoms with van der Waals surface area (Å²) in [5.74, 6) is -1.17. The molecule has 25 heavy (non-hydrogen) atoms. The predicted molar refractivity (Wildman–Crippen MR) is 97.1 cm³/mol. The van der Waals surface area contributed by atoms with Crippen molar-refractivity contribution in [3.8, 4) is 0 Å². The van der Waals surface area contributed by atoms with E-state index in [1.54, 1.807) is 24.4 Å². The number of amides is 3. The van der Waals surface area contributed by atoms with Crippen LogP contribution in [0.5, 0.6) is 0 Å². The van der Waals surface area contributed by atoms with E-state index >= 15 is 0 Å². The summed E-state index contributed by atoms with van der Waals surface area (Å²) in [7, 11) is 0. The fourth-order valence-electron chi connectivity index (χ4n) is 1.94. The van der Waals surface area contributed by atoms with Crippen molar-refractivity contribution in [2.24, 2.45) is 0 Å². The first-order chi connectivity index (χ1) is 11.7. The van der Waals surface area contributed by atoms with E-state index in [1.807, 2.05) is 20.8 Å². The van der Waals surface area contributed by atoms with Crippen LogP contribution in [0.4, 0.5) is 0 Å². The molecule has 0 fully saturated rings. The fraction of sp³-hybridized carbons (Fsp3) is 0.235. The Hall–Kier alpha value is -2.61. The minimum Gasteiger partial charge on any atom is -0.356 e. The van der Waals surface area contributed by atoms with E-state index < -0.39 is 11.8 Å². The lowest BCUT2D eigenvalue weighted by atomic mass is 10.1. The molecule has 0 saturated heterocycles. The molecule has 0 spiro atoms. The van der Waals surface area contributed by atoms with Crippen molar-refractivity contribution in [1.29, 1.82) is 0 Å². The quantitative estimate of drug-likeness (QED) is 0.588. The van der Waals surface area contributed by atoms with Crippen molar-refractivity contribution in [3.63, 3.8) is 0 Å². The zero-order chi connectivity index (χ0) is 18.6. The zero-order valence-corrected chi connectivity index (χ0v) is 15.7. The summed E-state index contributed by atoms with van der Waals surface area (Å²) in [6.07, 6.45) is 1.61. The molecule has 1 aromatic heterocycles. The summed E-state index contributed by atoms with van der Waals surface area (Å²) in [4.78, 5) is 38.7. The van der Waals surface area contributed by atoms with Crippen LogP contribution in [0.15, 0.2) is 41.0 Å². The molecule has 0 atom stereocenters. The molecule has 3 amide bonds. The Kier molecular flexibility index (Phi) is 5.63. The summed E-state index contributed by atoms with van der Waals surface area (Å²) < 4.78 is 0.730. The maximum absolute atomic E-state index is 12.0. The van der Waals surface area contributed by atoms with Crippen LogP contribution in [0, 0.1) is 0 Å². The van der Waals surface area contributed by atoms with Gasteiger partial charge < -0.3 is 10.3 Å². The number of benzene rings is 1. The first kappa shape index (κ1) is 18.7. The number of aromatic amines is 1. The molecule has 0 unspecified atom stereocenters. The first-order valence-corrected chi connectivity index (χ1v) is 8.32. The first-order valence-electron chi connectivity index (χ1n) is 7.53. The zero-order valence-electron chi connectivity index (χ0n) is 14.1. The van der Waals surface area contributed by atoms with Gasteiger partial charge in [0.1, 0.15) is 5.69 Å². The number of carbonyl (C=O) groups excluding carboxylic acids is 3. The Labute approximate surface area is 153 Å². The SMILES string of the molecule is CC(C)(C)NC(=O)c1ccc(C(=O)NNC(=O)c2cc(Br)c[nH]2)cc1. The van der Waals surface area contributed by atoms with Gasteiger partial charge in [0.2, 0.25) is 0 Å². The van der Waals surface area contributed by atoms with Crippen LogP contribution in [0.2, 0.25) is 0 Å². The van der Waals surface area contributed by atoms with Crippen molar-refractivity contribution in [3.05, 3.63) is 57.8 Å². The second-order valence-electron chi connectivity index (χ2n) is 6.42. The van der Waals surface area contributed by atoms with Gasteiger partial charge in [-0.05, 0) is 67.0 Å². The van der Waals surface area contributed by atoms with E-state index in [4.69, 9.17) is 0 Å². The summed E-state index contributed by atoms with van der Waals surface area (Å²) in [5.41, 5.74) is 5.36. The van der Waals surface area contributed by atoms with Crippen molar-refractivity contribution >= 4 is 33.7 Å². The van der Waals surface area contributed by atoms with E-state index in [1.165, 1.54) is 12.1 Å². The molecular weight excluding hydrogens is 388 g/mol. The number of nitrogens with one attached hydrogen (secondary N) is 4. The molecule has 4 N–H and O–H groups in total. The third kappa shape index (κ3) is 5.46. The Bertz CT molecular complexity index is 791. The molecule has 7 nitrogen and oxygen atoms in total. The second kappa shape index (κ2) is 7.52. The van der Waals surface area contributed by atoms with Crippen LogP contribution < -0.4 is 16.2 Å². The van der Waals surface area contributed by atoms with Gasteiger partial charge in [-0.1, -0.05) is 0 Å². The van der Waals surface area contributed by atoms with Crippen molar-refractivity contribution < 1.29 is 14.4 Å². The fourth-order valence-corrected chi connectivity index (χ4v) is 2.28. The second-order valence-corrected chi connectivity index (χ2v) is 7.34. The Balaban J connectivity index is 1.94. The van der Waals surface area contributed by atoms with E-state index in [9.17, 15) is 14.4 Å². The van der Waals surface area contributed by atoms with Gasteiger partial charge in [0.05, 0.1) is 0 Å². The third-order valence-electron chi connectivity index (χ3n) is 3.08. The van der Waals surface area contributed by atoms with Crippen LogP contribution in [0.1, 0.15) is 52.0 Å². The smallest absolute Gasteiger partial charge is 0.286 e. The van der Waals surface area contributed by atoms with Gasteiger partial charge in [-0.2, -0.15) is 0 Å². The molecule has 0 bridgehead atoms. The van der Waals surface area contributed by atoms with Crippen LogP contribution in [-0.2, 0) is 0 Å². The Morgan fingerprint density at radius 3 is 1.92 bits per heavy atom. The van der Waals surface area contributed by atoms with E-state index in [2.05, 4.69) is 37.1 Å². The van der Waals surface area contributed by atoms with Gasteiger partial charge in [-0.25, -0.2) is 0 Å². The molecule has 1 heterocycles. The summed E-state index contributed by atoms with van der Waals surface area (Å²) in [5, 5.41) is 2.84. The average Bonchev–Trinajstić information content (AvgIpc) is 2.97. The van der Waals surface area contributed by atoms with Gasteiger partial charge in [-0.15, -0.1) is 0 Å². The minimum absolute atomic E-state index is 0.218. The minimum atomic E-state index is -0.484. The summed E-state index contributed by atoms with van der Waals surface area (Å²) in [6, 6.07) is 7.73. The average molecular weight is 407 g/mol. The normalized spacial score (nSPS) is 10.9. The lowest BCUT2D eigenvalue weighted by Crippen LogP contribution is -2.42. The number of hydrazine groups is 1. The monoisotopic (exact) mass is 406 g/mol. The predicted octanol–water partition coefficient (Wildman–Crippen LogP) is 2.38. The molecule has 1 aromatic carbocycles. The molecule has 0 aliphatic rings. The van der Waals surface area contributed by atoms with Crippen LogP contribution >= 0.6 is 15.9 Å². The van der Waals surface area contributed by atoms with Crippen molar-refractivity contribution in [2.45, 2.75) is 26.3 Å². The van der Waals surface area contributed by atoms with Gasteiger partial charge in [0, 0.05) is 27.3 Å². The number of rotatable bonds is 3. The molecule has 8 heteroatoms. The lowest BCUT2D eigenvalue weighted by molar-refractivity contribution is 0.0844. The van der Waals surface area contributed by atoms with E-state index in [0.29, 0.717) is 16.8 Å². The number of halogens is 1. The number of carbonyl (C=O) groups is 3. The van der Waals surface area contributed by atoms with Gasteiger partial charge in [-0.3, -0.25) is 25.2 Å². The van der Waals surface area contributed by atoms with Gasteiger partial charge >= 0.3 is 0 Å². The molecule has 2 aromatic rings. The molecule has 0 aliphatic carbocycles.